The largest absolute Gasteiger partial charge is 0.510 e. The number of nitrogen functional groups attached to an aromatic ring is 1. The molecule has 1 unspecified atom stereocenters. The lowest BCUT2D eigenvalue weighted by Gasteiger charge is -2.21. The number of hydrogen-bond donors (Lipinski definition) is 1. The smallest absolute Gasteiger partial charge is 0.432 e. The number of aromatic nitrogens is 3. The standard InChI is InChI=1S/C24H33N4O10P/c1-15(2)37-23(29)32-12-35-39(31,36-13-33-24(30)38-16(3)4)14-34-17(5)10-28-11-26-20-21(28)18-8-6-7-9-19(18)27-22(20)25/h6-9,11,15-17H,10,12-14H2,1-5H3,(H2,25,27). The first kappa shape index (κ1) is 30.1. The van der Waals surface area contributed by atoms with Crippen LogP contribution in [0.1, 0.15) is 34.6 Å². The minimum atomic E-state index is -4.08. The third-order valence-electron chi connectivity index (χ3n) is 4.97. The zero-order chi connectivity index (χ0) is 28.6. The van der Waals surface area contributed by atoms with Crippen LogP contribution < -0.4 is 5.73 Å². The molecule has 0 fully saturated rings. The Kier molecular flexibility index (Phi) is 10.5. The first-order valence-corrected chi connectivity index (χ1v) is 13.9. The van der Waals surface area contributed by atoms with Crippen molar-refractivity contribution in [3.05, 3.63) is 30.6 Å². The molecule has 39 heavy (non-hydrogen) atoms. The van der Waals surface area contributed by atoms with Crippen molar-refractivity contribution >= 4 is 47.7 Å². The molecule has 0 saturated carbocycles. The number of fused-ring (bicyclic) bond motifs is 3. The summed E-state index contributed by atoms with van der Waals surface area (Å²) >= 11 is 0. The molecule has 2 heterocycles. The van der Waals surface area contributed by atoms with E-state index < -0.39 is 58.2 Å². The molecule has 214 valence electrons. The summed E-state index contributed by atoms with van der Waals surface area (Å²) in [5, 5.41) is 0.861. The van der Waals surface area contributed by atoms with Gasteiger partial charge >= 0.3 is 19.9 Å². The van der Waals surface area contributed by atoms with E-state index in [1.165, 1.54) is 0 Å². The average Bonchev–Trinajstić information content (AvgIpc) is 3.26. The molecule has 1 aromatic carbocycles. The van der Waals surface area contributed by atoms with Gasteiger partial charge < -0.3 is 34.0 Å². The van der Waals surface area contributed by atoms with Gasteiger partial charge in [-0.2, -0.15) is 0 Å². The Hall–Kier alpha value is -3.45. The van der Waals surface area contributed by atoms with Crippen LogP contribution in [0.4, 0.5) is 15.4 Å². The van der Waals surface area contributed by atoms with Crippen LogP contribution in [-0.4, -0.2) is 65.1 Å². The Morgan fingerprint density at radius 3 is 2.15 bits per heavy atom. The molecule has 1 atom stereocenters. The van der Waals surface area contributed by atoms with Crippen LogP contribution in [0.25, 0.3) is 21.9 Å². The number of hydrogen-bond acceptors (Lipinski definition) is 13. The van der Waals surface area contributed by atoms with Gasteiger partial charge in [0.15, 0.2) is 5.82 Å². The van der Waals surface area contributed by atoms with Gasteiger partial charge in [0.25, 0.3) is 0 Å². The molecule has 0 spiro atoms. The molecule has 0 aliphatic rings. The number of nitrogens with zero attached hydrogens (tertiary/aromatic N) is 3. The molecule has 0 radical (unpaired) electrons. The van der Waals surface area contributed by atoms with E-state index in [-0.39, 0.29) is 0 Å². The quantitative estimate of drug-likeness (QED) is 0.169. The summed E-state index contributed by atoms with van der Waals surface area (Å²) in [4.78, 5) is 32.0. The summed E-state index contributed by atoms with van der Waals surface area (Å²) in [7, 11) is -4.08. The Labute approximate surface area is 225 Å². The van der Waals surface area contributed by atoms with Crippen LogP contribution in [0.15, 0.2) is 30.6 Å². The molecule has 2 N–H and O–H groups in total. The van der Waals surface area contributed by atoms with Gasteiger partial charge in [0.2, 0.25) is 13.6 Å². The molecule has 0 aliphatic heterocycles. The number of rotatable bonds is 13. The molecule has 14 nitrogen and oxygen atoms in total. The number of nitrogens with two attached hydrogens (primary N) is 1. The van der Waals surface area contributed by atoms with E-state index in [9.17, 15) is 14.2 Å². The first-order valence-electron chi connectivity index (χ1n) is 12.1. The fourth-order valence-corrected chi connectivity index (χ4v) is 4.45. The van der Waals surface area contributed by atoms with Crippen LogP contribution in [0.3, 0.4) is 0 Å². The van der Waals surface area contributed by atoms with Gasteiger partial charge in [0.1, 0.15) is 11.9 Å². The zero-order valence-corrected chi connectivity index (χ0v) is 23.3. The molecule has 3 rings (SSSR count). The number of anilines is 1. The van der Waals surface area contributed by atoms with Crippen LogP contribution in [0, 0.1) is 0 Å². The minimum absolute atomic E-state index is 0.300. The van der Waals surface area contributed by atoms with E-state index in [0.29, 0.717) is 17.9 Å². The topological polar surface area (TPSA) is 173 Å². The molecule has 0 amide bonds. The fourth-order valence-electron chi connectivity index (χ4n) is 3.37. The lowest BCUT2D eigenvalue weighted by atomic mass is 10.2. The average molecular weight is 569 g/mol. The lowest BCUT2D eigenvalue weighted by Crippen LogP contribution is -2.20. The van der Waals surface area contributed by atoms with Crippen molar-refractivity contribution in [1.82, 2.24) is 14.5 Å². The van der Waals surface area contributed by atoms with Crippen molar-refractivity contribution < 1.29 is 46.9 Å². The van der Waals surface area contributed by atoms with E-state index in [2.05, 4.69) is 9.97 Å². The highest BCUT2D eigenvalue weighted by atomic mass is 31.2. The maximum absolute atomic E-state index is 13.3. The predicted molar refractivity (Wildman–Crippen MR) is 140 cm³/mol. The molecule has 0 bridgehead atoms. The Balaban J connectivity index is 1.66. The monoisotopic (exact) mass is 568 g/mol. The second-order valence-electron chi connectivity index (χ2n) is 8.94. The van der Waals surface area contributed by atoms with Crippen molar-refractivity contribution in [2.45, 2.75) is 59.5 Å². The highest BCUT2D eigenvalue weighted by molar-refractivity contribution is 7.53. The van der Waals surface area contributed by atoms with Gasteiger partial charge in [-0.05, 0) is 40.7 Å². The predicted octanol–water partition coefficient (Wildman–Crippen LogP) is 4.79. The Bertz CT molecular complexity index is 1300. The summed E-state index contributed by atoms with van der Waals surface area (Å²) in [6.45, 7) is 7.09. The molecule has 0 saturated heterocycles. The summed E-state index contributed by atoms with van der Waals surface area (Å²) in [6, 6.07) is 7.52. The molecule has 15 heteroatoms. The highest BCUT2D eigenvalue weighted by Gasteiger charge is 2.29. The highest BCUT2D eigenvalue weighted by Crippen LogP contribution is 2.48. The van der Waals surface area contributed by atoms with Crippen LogP contribution in [0.5, 0.6) is 0 Å². The van der Waals surface area contributed by atoms with Gasteiger partial charge in [-0.1, -0.05) is 18.2 Å². The molecule has 0 aliphatic carbocycles. The van der Waals surface area contributed by atoms with Gasteiger partial charge in [-0.15, -0.1) is 0 Å². The molecular weight excluding hydrogens is 535 g/mol. The number of imidazole rings is 1. The van der Waals surface area contributed by atoms with Crippen LogP contribution in [-0.2, 0) is 43.8 Å². The number of para-hydroxylation sites is 1. The van der Waals surface area contributed by atoms with E-state index in [0.717, 1.165) is 16.4 Å². The van der Waals surface area contributed by atoms with Crippen LogP contribution >= 0.6 is 7.60 Å². The van der Waals surface area contributed by atoms with Gasteiger partial charge in [0, 0.05) is 5.39 Å². The van der Waals surface area contributed by atoms with Crippen molar-refractivity contribution in [2.75, 3.05) is 25.7 Å². The van der Waals surface area contributed by atoms with Crippen LogP contribution in [0.2, 0.25) is 0 Å². The third kappa shape index (κ3) is 8.79. The van der Waals surface area contributed by atoms with Gasteiger partial charge in [0.05, 0.1) is 42.2 Å². The van der Waals surface area contributed by atoms with E-state index in [1.807, 2.05) is 28.8 Å². The number of ether oxygens (including phenoxy) is 5. The number of carbonyl (C=O) groups is 2. The minimum Gasteiger partial charge on any atom is -0.432 e. The fraction of sp³-hybridized carbons (Fsp3) is 0.500. The van der Waals surface area contributed by atoms with Gasteiger partial charge in [-0.25, -0.2) is 19.6 Å². The Morgan fingerprint density at radius 1 is 0.974 bits per heavy atom. The van der Waals surface area contributed by atoms with Gasteiger partial charge in [-0.3, -0.25) is 13.6 Å². The zero-order valence-electron chi connectivity index (χ0n) is 22.4. The SMILES string of the molecule is CC(C)OC(=O)OCOP(=O)(COC(C)Cn1cnc2c(N)nc3ccccc3c21)OCOC(=O)OC(C)C. The van der Waals surface area contributed by atoms with Crippen molar-refractivity contribution in [1.29, 1.82) is 0 Å². The van der Waals surface area contributed by atoms with Crippen molar-refractivity contribution in [3.63, 3.8) is 0 Å². The first-order chi connectivity index (χ1) is 18.5. The lowest BCUT2D eigenvalue weighted by molar-refractivity contribution is -0.0369. The number of pyridine rings is 1. The second-order valence-corrected chi connectivity index (χ2v) is 10.9. The second kappa shape index (κ2) is 13.6. The Morgan fingerprint density at radius 2 is 1.56 bits per heavy atom. The summed E-state index contributed by atoms with van der Waals surface area (Å²) in [6.07, 6.45) is -2.33. The van der Waals surface area contributed by atoms with Crippen molar-refractivity contribution in [3.8, 4) is 0 Å². The maximum Gasteiger partial charge on any atom is 0.510 e. The summed E-state index contributed by atoms with van der Waals surface area (Å²) < 4.78 is 50.5. The number of benzene rings is 1. The van der Waals surface area contributed by atoms with E-state index in [4.69, 9.17) is 38.5 Å². The number of carbonyl (C=O) groups excluding carboxylic acids is 2. The summed E-state index contributed by atoms with van der Waals surface area (Å²) in [5.74, 6) is 0.300. The van der Waals surface area contributed by atoms with E-state index in [1.54, 1.807) is 40.9 Å². The maximum atomic E-state index is 13.3. The molecule has 2 aromatic heterocycles. The normalized spacial score (nSPS) is 12.7. The molecule has 3 aromatic rings. The molecular formula is C24H33N4O10P. The summed E-state index contributed by atoms with van der Waals surface area (Å²) in [5.41, 5.74) is 8.14. The van der Waals surface area contributed by atoms with E-state index >= 15 is 0 Å². The third-order valence-corrected chi connectivity index (χ3v) is 6.43. The van der Waals surface area contributed by atoms with Crippen molar-refractivity contribution in [2.24, 2.45) is 0 Å².